The third-order valence-corrected chi connectivity index (χ3v) is 3.64. The van der Waals surface area contributed by atoms with Gasteiger partial charge in [-0.1, -0.05) is 19.1 Å². The van der Waals surface area contributed by atoms with E-state index in [1.165, 1.54) is 5.56 Å². The van der Waals surface area contributed by atoms with Crippen LogP contribution in [0.25, 0.3) is 0 Å². The third-order valence-electron chi connectivity index (χ3n) is 3.64. The van der Waals surface area contributed by atoms with Crippen molar-refractivity contribution in [1.29, 1.82) is 0 Å². The molecule has 0 aliphatic rings. The molecule has 0 aliphatic heterocycles. The maximum absolute atomic E-state index is 5.65. The fourth-order valence-corrected chi connectivity index (χ4v) is 2.40. The monoisotopic (exact) mass is 472 g/mol. The summed E-state index contributed by atoms with van der Waals surface area (Å²) in [6, 6.07) is 8.10. The summed E-state index contributed by atoms with van der Waals surface area (Å²) < 4.78 is 7.70. The second-order valence-corrected chi connectivity index (χ2v) is 5.96. The number of aryl methyl sites for hydroxylation is 1. The first-order valence-corrected chi connectivity index (χ1v) is 8.69. The van der Waals surface area contributed by atoms with Gasteiger partial charge in [0.05, 0.1) is 6.10 Å². The van der Waals surface area contributed by atoms with E-state index in [0.29, 0.717) is 6.54 Å². The van der Waals surface area contributed by atoms with Gasteiger partial charge in [0, 0.05) is 33.1 Å². The number of rotatable bonds is 8. The molecule has 0 spiro atoms. The molecule has 0 saturated carbocycles. The van der Waals surface area contributed by atoms with Crippen molar-refractivity contribution >= 4 is 29.9 Å². The van der Waals surface area contributed by atoms with Crippen LogP contribution < -0.4 is 15.4 Å². The fourth-order valence-electron chi connectivity index (χ4n) is 2.40. The van der Waals surface area contributed by atoms with Crippen molar-refractivity contribution in [3.05, 3.63) is 42.0 Å². The zero-order valence-corrected chi connectivity index (χ0v) is 18.2. The summed E-state index contributed by atoms with van der Waals surface area (Å²) in [6.45, 7) is 8.38. The average molecular weight is 472 g/mol. The number of ether oxygens (including phenoxy) is 1. The largest absolute Gasteiger partial charge is 0.491 e. The van der Waals surface area contributed by atoms with E-state index in [4.69, 9.17) is 4.74 Å². The minimum absolute atomic E-state index is 0. The maximum atomic E-state index is 5.65. The number of aliphatic imine (C=N–C) groups is 1. The van der Waals surface area contributed by atoms with Gasteiger partial charge < -0.3 is 19.9 Å². The van der Waals surface area contributed by atoms with Crippen LogP contribution >= 0.6 is 24.0 Å². The van der Waals surface area contributed by atoms with Gasteiger partial charge >= 0.3 is 0 Å². The number of hydrogen-bond acceptors (Lipinski definition) is 4. The van der Waals surface area contributed by atoms with E-state index in [1.807, 2.05) is 30.5 Å². The highest BCUT2D eigenvalue weighted by atomic mass is 127. The summed E-state index contributed by atoms with van der Waals surface area (Å²) in [4.78, 5) is 4.25. The molecule has 0 aliphatic carbocycles. The van der Waals surface area contributed by atoms with Crippen LogP contribution in [0.1, 0.15) is 32.2 Å². The SMILES string of the molecule is CCc1nncn1CCNC(=NC)NCc1ccc(OC(C)C)cc1.I. The first kappa shape index (κ1) is 22.2. The number of hydrogen-bond donors (Lipinski definition) is 2. The van der Waals surface area contributed by atoms with Crippen LogP contribution in [0, 0.1) is 0 Å². The molecule has 0 radical (unpaired) electrons. The molecule has 144 valence electrons. The molecular weight excluding hydrogens is 443 g/mol. The summed E-state index contributed by atoms with van der Waals surface area (Å²) in [5, 5.41) is 14.6. The zero-order chi connectivity index (χ0) is 18.1. The van der Waals surface area contributed by atoms with Crippen molar-refractivity contribution in [3.8, 4) is 5.75 Å². The van der Waals surface area contributed by atoms with Crippen molar-refractivity contribution in [2.24, 2.45) is 4.99 Å². The molecule has 0 saturated heterocycles. The molecule has 2 N–H and O–H groups in total. The Kier molecular flexibility index (Phi) is 10.0. The zero-order valence-electron chi connectivity index (χ0n) is 15.9. The number of aromatic nitrogens is 3. The first-order valence-electron chi connectivity index (χ1n) is 8.69. The van der Waals surface area contributed by atoms with Gasteiger partial charge in [-0.25, -0.2) is 0 Å². The van der Waals surface area contributed by atoms with Crippen LogP contribution in [-0.2, 0) is 19.5 Å². The number of halogens is 1. The standard InChI is InChI=1S/C18H28N6O.HI/c1-5-17-23-22-13-24(17)11-10-20-18(19-4)21-12-15-6-8-16(9-7-15)25-14(2)3;/h6-9,13-14H,5,10-12H2,1-4H3,(H2,19,20,21);1H. The summed E-state index contributed by atoms with van der Waals surface area (Å²) in [7, 11) is 1.77. The average Bonchev–Trinajstić information content (AvgIpc) is 3.06. The van der Waals surface area contributed by atoms with Gasteiger partial charge in [-0.3, -0.25) is 4.99 Å². The van der Waals surface area contributed by atoms with Gasteiger partial charge in [0.15, 0.2) is 5.96 Å². The minimum Gasteiger partial charge on any atom is -0.491 e. The Bertz CT molecular complexity index is 669. The molecule has 0 bridgehead atoms. The van der Waals surface area contributed by atoms with Crippen molar-refractivity contribution in [2.45, 2.75) is 46.4 Å². The highest BCUT2D eigenvalue weighted by Gasteiger charge is 2.03. The van der Waals surface area contributed by atoms with Crippen molar-refractivity contribution < 1.29 is 4.74 Å². The van der Waals surface area contributed by atoms with Crippen molar-refractivity contribution in [3.63, 3.8) is 0 Å². The molecule has 0 atom stereocenters. The van der Waals surface area contributed by atoms with Crippen LogP contribution in [0.15, 0.2) is 35.6 Å². The van der Waals surface area contributed by atoms with Crippen molar-refractivity contribution in [2.75, 3.05) is 13.6 Å². The lowest BCUT2D eigenvalue weighted by Gasteiger charge is -2.13. The Morgan fingerprint density at radius 2 is 1.96 bits per heavy atom. The Morgan fingerprint density at radius 3 is 2.58 bits per heavy atom. The number of benzene rings is 1. The maximum Gasteiger partial charge on any atom is 0.191 e. The van der Waals surface area contributed by atoms with Crippen LogP contribution in [0.2, 0.25) is 0 Å². The first-order chi connectivity index (χ1) is 12.1. The van der Waals surface area contributed by atoms with E-state index in [0.717, 1.165) is 37.0 Å². The van der Waals surface area contributed by atoms with Gasteiger partial charge in [0.25, 0.3) is 0 Å². The van der Waals surface area contributed by atoms with Gasteiger partial charge in [0.1, 0.15) is 17.9 Å². The summed E-state index contributed by atoms with van der Waals surface area (Å²) in [6.07, 6.45) is 2.83. The van der Waals surface area contributed by atoms with Gasteiger partial charge in [-0.05, 0) is 31.5 Å². The third kappa shape index (κ3) is 7.19. The Balaban J connectivity index is 0.00000338. The minimum atomic E-state index is 0. The molecule has 26 heavy (non-hydrogen) atoms. The van der Waals surface area contributed by atoms with E-state index >= 15 is 0 Å². The molecule has 1 aromatic heterocycles. The highest BCUT2D eigenvalue weighted by molar-refractivity contribution is 14.0. The fraction of sp³-hybridized carbons (Fsp3) is 0.500. The summed E-state index contributed by atoms with van der Waals surface area (Å²) in [5.74, 6) is 2.66. The van der Waals surface area contributed by atoms with Gasteiger partial charge in [-0.15, -0.1) is 34.2 Å². The van der Waals surface area contributed by atoms with Crippen LogP contribution in [0.4, 0.5) is 0 Å². The van der Waals surface area contributed by atoms with E-state index in [9.17, 15) is 0 Å². The Labute approximate surface area is 172 Å². The normalized spacial score (nSPS) is 11.2. The molecule has 0 unspecified atom stereocenters. The van der Waals surface area contributed by atoms with Crippen LogP contribution in [0.5, 0.6) is 5.75 Å². The summed E-state index contributed by atoms with van der Waals surface area (Å²) in [5.41, 5.74) is 1.17. The molecule has 1 aromatic carbocycles. The summed E-state index contributed by atoms with van der Waals surface area (Å²) >= 11 is 0. The van der Waals surface area contributed by atoms with Crippen molar-refractivity contribution in [1.82, 2.24) is 25.4 Å². The van der Waals surface area contributed by atoms with E-state index in [1.54, 1.807) is 13.4 Å². The molecule has 8 heteroatoms. The predicted molar refractivity (Wildman–Crippen MR) is 115 cm³/mol. The van der Waals surface area contributed by atoms with E-state index < -0.39 is 0 Å². The van der Waals surface area contributed by atoms with Crippen LogP contribution in [-0.4, -0.2) is 40.4 Å². The Hall–Kier alpha value is -1.84. The molecule has 2 aromatic rings. The second-order valence-electron chi connectivity index (χ2n) is 5.96. The molecule has 0 amide bonds. The number of guanidine groups is 1. The molecule has 2 rings (SSSR count). The quantitative estimate of drug-likeness (QED) is 0.351. The number of nitrogens with zero attached hydrogens (tertiary/aromatic N) is 4. The number of nitrogens with one attached hydrogen (secondary N) is 2. The smallest absolute Gasteiger partial charge is 0.191 e. The molecule has 7 nitrogen and oxygen atoms in total. The lowest BCUT2D eigenvalue weighted by molar-refractivity contribution is 0.242. The Morgan fingerprint density at radius 1 is 1.23 bits per heavy atom. The molecule has 0 fully saturated rings. The molecular formula is C18H29IN6O. The van der Waals surface area contributed by atoms with E-state index in [2.05, 4.69) is 44.9 Å². The van der Waals surface area contributed by atoms with Gasteiger partial charge in [-0.2, -0.15) is 0 Å². The lowest BCUT2D eigenvalue weighted by atomic mass is 10.2. The lowest BCUT2D eigenvalue weighted by Crippen LogP contribution is -2.38. The van der Waals surface area contributed by atoms with Gasteiger partial charge in [0.2, 0.25) is 0 Å². The van der Waals surface area contributed by atoms with Crippen LogP contribution in [0.3, 0.4) is 0 Å². The second kappa shape index (κ2) is 11.7. The van der Waals surface area contributed by atoms with E-state index in [-0.39, 0.29) is 30.1 Å². The predicted octanol–water partition coefficient (Wildman–Crippen LogP) is 2.61. The highest BCUT2D eigenvalue weighted by Crippen LogP contribution is 2.13. The topological polar surface area (TPSA) is 76.4 Å². The molecule has 1 heterocycles.